The zero-order valence-electron chi connectivity index (χ0n) is 17.9. The molecule has 0 aromatic carbocycles. The minimum atomic E-state index is -1.05. The van der Waals surface area contributed by atoms with Crippen molar-refractivity contribution in [2.45, 2.75) is 25.3 Å². The molecule has 0 radical (unpaired) electrons. The van der Waals surface area contributed by atoms with Gasteiger partial charge in [0.1, 0.15) is 17.0 Å². The summed E-state index contributed by atoms with van der Waals surface area (Å²) in [6.07, 6.45) is 6.18. The molecule has 2 aliphatic rings. The van der Waals surface area contributed by atoms with Crippen LogP contribution < -0.4 is 10.6 Å². The number of halogens is 1. The Morgan fingerprint density at radius 3 is 2.91 bits per heavy atom. The van der Waals surface area contributed by atoms with Crippen LogP contribution >= 0.6 is 22.9 Å². The number of fused-ring (bicyclic) bond motifs is 4. The predicted molar refractivity (Wildman–Crippen MR) is 128 cm³/mol. The number of anilines is 2. The highest BCUT2D eigenvalue weighted by Crippen LogP contribution is 2.41. The number of hydrogen-bond donors (Lipinski definition) is 3. The van der Waals surface area contributed by atoms with Gasteiger partial charge in [-0.25, -0.2) is 19.3 Å². The van der Waals surface area contributed by atoms with Crippen molar-refractivity contribution in [2.75, 3.05) is 18.4 Å². The molecule has 0 bridgehead atoms. The summed E-state index contributed by atoms with van der Waals surface area (Å²) in [6.45, 7) is 0.867. The Labute approximate surface area is 202 Å². The zero-order valence-corrected chi connectivity index (χ0v) is 19.4. The van der Waals surface area contributed by atoms with E-state index in [1.165, 1.54) is 11.9 Å². The lowest BCUT2D eigenvalue weighted by atomic mass is 9.86. The van der Waals surface area contributed by atoms with Crippen LogP contribution in [-0.2, 0) is 17.6 Å². The molecule has 2 amide bonds. The van der Waals surface area contributed by atoms with Crippen LogP contribution in [0.5, 0.6) is 0 Å². The minimum Gasteiger partial charge on any atom is -0.465 e. The third-order valence-electron chi connectivity index (χ3n) is 6.48. The minimum absolute atomic E-state index is 0.0943. The largest absolute Gasteiger partial charge is 0.465 e. The standard InChI is InChI=1S/C22H20ClN7O3S/c23-18-14(4-6-30-15(18)3-5-26-30)28-19-17-13-2-1-11(7-16(13)34-20(17)25-10-24-19)21(31)29-8-12(9-29)27-22(32)33/h3-6,10-12,27H,1-2,7-9H2,(H,32,33)(H,24,25,28)/t11-/m0/s1. The third kappa shape index (κ3) is 3.51. The molecule has 0 spiro atoms. The first kappa shape index (κ1) is 21.1. The van der Waals surface area contributed by atoms with Crippen molar-refractivity contribution in [3.8, 4) is 0 Å². The molecule has 4 aromatic heterocycles. The summed E-state index contributed by atoms with van der Waals surface area (Å²) in [4.78, 5) is 36.5. The Bertz CT molecular complexity index is 1450. The summed E-state index contributed by atoms with van der Waals surface area (Å²) >= 11 is 8.20. The normalized spacial score (nSPS) is 18.0. The number of carboxylic acid groups (broad SMARTS) is 1. The molecule has 0 unspecified atom stereocenters. The molecule has 6 rings (SSSR count). The Morgan fingerprint density at radius 2 is 2.09 bits per heavy atom. The molecule has 12 heteroatoms. The second-order valence-electron chi connectivity index (χ2n) is 8.56. The van der Waals surface area contributed by atoms with Crippen LogP contribution in [0.1, 0.15) is 16.9 Å². The van der Waals surface area contributed by atoms with Gasteiger partial charge < -0.3 is 20.6 Å². The fraction of sp³-hybridized carbons (Fsp3) is 0.318. The van der Waals surface area contributed by atoms with Crippen LogP contribution in [0.25, 0.3) is 15.7 Å². The van der Waals surface area contributed by atoms with Gasteiger partial charge in [0.15, 0.2) is 0 Å². The molecule has 34 heavy (non-hydrogen) atoms. The number of amides is 2. The first-order valence-electron chi connectivity index (χ1n) is 10.9. The van der Waals surface area contributed by atoms with E-state index in [9.17, 15) is 9.59 Å². The highest BCUT2D eigenvalue weighted by molar-refractivity contribution is 7.19. The molecular weight excluding hydrogens is 478 g/mol. The van der Waals surface area contributed by atoms with Crippen molar-refractivity contribution in [2.24, 2.45) is 5.92 Å². The van der Waals surface area contributed by atoms with E-state index in [-0.39, 0.29) is 17.9 Å². The molecule has 4 aromatic rings. The molecule has 1 aliphatic heterocycles. The molecule has 174 valence electrons. The van der Waals surface area contributed by atoms with E-state index < -0.39 is 6.09 Å². The Morgan fingerprint density at radius 1 is 1.24 bits per heavy atom. The van der Waals surface area contributed by atoms with Crippen LogP contribution in [0.3, 0.4) is 0 Å². The second-order valence-corrected chi connectivity index (χ2v) is 10.0. The highest BCUT2D eigenvalue weighted by Gasteiger charge is 2.37. The molecule has 10 nitrogen and oxygen atoms in total. The van der Waals surface area contributed by atoms with Crippen LogP contribution in [0, 0.1) is 5.92 Å². The zero-order chi connectivity index (χ0) is 23.4. The van der Waals surface area contributed by atoms with Crippen LogP contribution in [0.15, 0.2) is 30.9 Å². The van der Waals surface area contributed by atoms with Gasteiger partial charge in [0, 0.05) is 30.1 Å². The van der Waals surface area contributed by atoms with Gasteiger partial charge in [-0.05, 0) is 37.0 Å². The maximum atomic E-state index is 13.0. The summed E-state index contributed by atoms with van der Waals surface area (Å²) in [6, 6.07) is 3.54. The van der Waals surface area contributed by atoms with E-state index in [1.807, 2.05) is 18.3 Å². The molecule has 1 aliphatic carbocycles. The van der Waals surface area contributed by atoms with E-state index in [0.29, 0.717) is 30.4 Å². The smallest absolute Gasteiger partial charge is 0.405 e. The van der Waals surface area contributed by atoms with Crippen molar-refractivity contribution < 1.29 is 14.7 Å². The van der Waals surface area contributed by atoms with Gasteiger partial charge in [0.2, 0.25) is 5.91 Å². The fourth-order valence-corrected chi connectivity index (χ4v) is 6.31. The number of pyridine rings is 1. The number of carbonyl (C=O) groups is 2. The van der Waals surface area contributed by atoms with Crippen LogP contribution in [0.4, 0.5) is 16.3 Å². The summed E-state index contributed by atoms with van der Waals surface area (Å²) in [7, 11) is 0. The highest BCUT2D eigenvalue weighted by atomic mass is 35.5. The molecule has 1 saturated heterocycles. The van der Waals surface area contributed by atoms with Gasteiger partial charge in [-0.3, -0.25) is 4.79 Å². The Kier molecular flexibility index (Phi) is 5.03. The summed E-state index contributed by atoms with van der Waals surface area (Å²) in [5, 5.41) is 20.4. The number of nitrogens with one attached hydrogen (secondary N) is 2. The van der Waals surface area contributed by atoms with Gasteiger partial charge in [-0.2, -0.15) is 5.10 Å². The average molecular weight is 498 g/mol. The number of carbonyl (C=O) groups excluding carboxylic acids is 1. The van der Waals surface area contributed by atoms with Crippen molar-refractivity contribution >= 4 is 62.2 Å². The SMILES string of the molecule is O=C(O)NC1CN(C(=O)[C@H]2CCc3c(sc4ncnc(Nc5ccn6nccc6c5Cl)c34)C2)C1. The number of aryl methyl sites for hydroxylation is 1. The van der Waals surface area contributed by atoms with E-state index in [1.54, 1.807) is 26.9 Å². The quantitative estimate of drug-likeness (QED) is 0.395. The summed E-state index contributed by atoms with van der Waals surface area (Å²) < 4.78 is 1.71. The number of nitrogens with zero attached hydrogens (tertiary/aromatic N) is 5. The van der Waals surface area contributed by atoms with Gasteiger partial charge in [-0.15, -0.1) is 11.3 Å². The van der Waals surface area contributed by atoms with E-state index in [0.717, 1.165) is 39.1 Å². The number of hydrogen-bond acceptors (Lipinski definition) is 7. The number of aromatic nitrogens is 4. The van der Waals surface area contributed by atoms with E-state index in [4.69, 9.17) is 16.7 Å². The lowest BCUT2D eigenvalue weighted by Gasteiger charge is -2.41. The van der Waals surface area contributed by atoms with Crippen LogP contribution in [0.2, 0.25) is 5.02 Å². The average Bonchev–Trinajstić information content (AvgIpc) is 3.42. The Hall–Kier alpha value is -3.44. The first-order valence-corrected chi connectivity index (χ1v) is 12.1. The van der Waals surface area contributed by atoms with Gasteiger partial charge in [-0.1, -0.05) is 11.6 Å². The third-order valence-corrected chi connectivity index (χ3v) is 8.04. The summed E-state index contributed by atoms with van der Waals surface area (Å²) in [5.74, 6) is 0.690. The topological polar surface area (TPSA) is 125 Å². The van der Waals surface area contributed by atoms with Gasteiger partial charge >= 0.3 is 6.09 Å². The lowest BCUT2D eigenvalue weighted by molar-refractivity contribution is -0.140. The maximum Gasteiger partial charge on any atom is 0.405 e. The second kappa shape index (κ2) is 8.10. The molecule has 1 atom stereocenters. The van der Waals surface area contributed by atoms with Crippen LogP contribution in [-0.4, -0.2) is 60.7 Å². The van der Waals surface area contributed by atoms with Crippen molar-refractivity contribution in [1.29, 1.82) is 0 Å². The molecular formula is C22H20ClN7O3S. The monoisotopic (exact) mass is 497 g/mol. The van der Waals surface area contributed by atoms with Crippen molar-refractivity contribution in [1.82, 2.24) is 29.8 Å². The van der Waals surface area contributed by atoms with E-state index in [2.05, 4.69) is 25.7 Å². The van der Waals surface area contributed by atoms with Crippen molar-refractivity contribution in [3.63, 3.8) is 0 Å². The maximum absolute atomic E-state index is 13.0. The van der Waals surface area contributed by atoms with Gasteiger partial charge in [0.25, 0.3) is 0 Å². The summed E-state index contributed by atoms with van der Waals surface area (Å²) in [5.41, 5.74) is 2.72. The van der Waals surface area contributed by atoms with Crippen molar-refractivity contribution in [3.05, 3.63) is 46.3 Å². The van der Waals surface area contributed by atoms with Gasteiger partial charge in [0.05, 0.1) is 33.9 Å². The molecule has 1 fully saturated rings. The lowest BCUT2D eigenvalue weighted by Crippen LogP contribution is -2.62. The molecule has 5 heterocycles. The number of likely N-dealkylation sites (tertiary alicyclic amines) is 1. The molecule has 0 saturated carbocycles. The number of rotatable bonds is 4. The predicted octanol–water partition coefficient (Wildman–Crippen LogP) is 3.32. The first-order chi connectivity index (χ1) is 16.5. The number of thiophene rings is 1. The van der Waals surface area contributed by atoms with E-state index >= 15 is 0 Å². The fourth-order valence-electron chi connectivity index (χ4n) is 4.79. The molecule has 3 N–H and O–H groups in total. The Balaban J connectivity index is 1.24.